The van der Waals surface area contributed by atoms with Crippen LogP contribution in [0.2, 0.25) is 0 Å². The summed E-state index contributed by atoms with van der Waals surface area (Å²) in [7, 11) is 0. The van der Waals surface area contributed by atoms with Crippen LogP contribution < -0.4 is 33.2 Å². The molecule has 1 heterocycles. The standard InChI is InChI=1S/C20H35N9O6S/c1-36-6-4-12(21)16(31)29-15(9-30)18(33)27-13(3-2-5-25-20(22)23)17(32)28-14(19(34)35)7-11-8-24-10-26-11/h8,10,12-15,30H,2-7,9,21H2,1H3,(H,24,26)(H,27,33)(H,28,32)(H,29,31)(H,34,35)(H4,22,23,25). The van der Waals surface area contributed by atoms with Crippen LogP contribution >= 0.6 is 11.8 Å². The Labute approximate surface area is 212 Å². The number of carbonyl (C=O) groups excluding carboxylic acids is 3. The monoisotopic (exact) mass is 529 g/mol. The minimum Gasteiger partial charge on any atom is -0.480 e. The van der Waals surface area contributed by atoms with Crippen LogP contribution in [0.1, 0.15) is 25.0 Å². The number of hydrogen-bond acceptors (Lipinski definition) is 9. The van der Waals surface area contributed by atoms with Gasteiger partial charge in [0.05, 0.1) is 19.0 Å². The van der Waals surface area contributed by atoms with Gasteiger partial charge < -0.3 is 48.3 Å². The van der Waals surface area contributed by atoms with Gasteiger partial charge in [0.25, 0.3) is 0 Å². The lowest BCUT2D eigenvalue weighted by molar-refractivity contribution is -0.142. The Kier molecular flexibility index (Phi) is 13.9. The Morgan fingerprint density at radius 3 is 2.28 bits per heavy atom. The minimum atomic E-state index is -1.37. The SMILES string of the molecule is CSCCC(N)C(=O)NC(CO)C(=O)NC(CCCN=C(N)N)C(=O)NC(Cc1cnc[nH]1)C(=O)O. The predicted octanol–water partition coefficient (Wildman–Crippen LogP) is -3.38. The van der Waals surface area contributed by atoms with Crippen molar-refractivity contribution in [2.24, 2.45) is 22.2 Å². The van der Waals surface area contributed by atoms with Gasteiger partial charge in [0.1, 0.15) is 18.1 Å². The molecule has 0 aliphatic carbocycles. The third-order valence-electron chi connectivity index (χ3n) is 4.96. The maximum Gasteiger partial charge on any atom is 0.326 e. The van der Waals surface area contributed by atoms with Gasteiger partial charge in [-0.25, -0.2) is 9.78 Å². The number of aliphatic hydroxyl groups excluding tert-OH is 1. The fourth-order valence-electron chi connectivity index (χ4n) is 2.98. The fraction of sp³-hybridized carbons (Fsp3) is 0.600. The molecule has 1 aromatic heterocycles. The number of aliphatic hydroxyl groups is 1. The first-order valence-corrected chi connectivity index (χ1v) is 12.5. The lowest BCUT2D eigenvalue weighted by atomic mass is 10.1. The van der Waals surface area contributed by atoms with Gasteiger partial charge in [0.15, 0.2) is 5.96 Å². The third kappa shape index (κ3) is 11.4. The summed E-state index contributed by atoms with van der Waals surface area (Å²) in [5, 5.41) is 26.4. The molecule has 3 amide bonds. The van der Waals surface area contributed by atoms with E-state index in [0.29, 0.717) is 17.9 Å². The number of carboxylic acids is 1. The Bertz CT molecular complexity index is 879. The Morgan fingerprint density at radius 1 is 1.08 bits per heavy atom. The van der Waals surface area contributed by atoms with E-state index in [2.05, 4.69) is 30.9 Å². The number of aliphatic imine (C=N–C) groups is 1. The number of nitrogens with two attached hydrogens (primary N) is 3. The van der Waals surface area contributed by atoms with Crippen molar-refractivity contribution in [1.82, 2.24) is 25.9 Å². The molecule has 0 saturated heterocycles. The van der Waals surface area contributed by atoms with Crippen LogP contribution in [0.3, 0.4) is 0 Å². The summed E-state index contributed by atoms with van der Waals surface area (Å²) >= 11 is 1.50. The summed E-state index contributed by atoms with van der Waals surface area (Å²) in [6, 6.07) is -4.76. The van der Waals surface area contributed by atoms with Crippen molar-refractivity contribution >= 4 is 41.4 Å². The molecule has 0 bridgehead atoms. The molecule has 0 spiro atoms. The number of imidazole rings is 1. The predicted molar refractivity (Wildman–Crippen MR) is 134 cm³/mol. The number of nitrogens with zero attached hydrogens (tertiary/aromatic N) is 2. The number of rotatable bonds is 17. The fourth-order valence-corrected chi connectivity index (χ4v) is 3.47. The van der Waals surface area contributed by atoms with Crippen molar-refractivity contribution < 1.29 is 29.4 Å². The molecule has 202 valence electrons. The summed E-state index contributed by atoms with van der Waals surface area (Å²) in [6.07, 6.45) is 5.27. The van der Waals surface area contributed by atoms with Crippen molar-refractivity contribution in [3.8, 4) is 0 Å². The summed E-state index contributed by atoms with van der Waals surface area (Å²) in [6.45, 7) is -0.588. The molecule has 0 fully saturated rings. The number of aromatic nitrogens is 2. The van der Waals surface area contributed by atoms with E-state index in [-0.39, 0.29) is 31.8 Å². The van der Waals surface area contributed by atoms with Gasteiger partial charge in [0.2, 0.25) is 17.7 Å². The zero-order chi connectivity index (χ0) is 27.1. The first kappa shape index (κ1) is 30.7. The minimum absolute atomic E-state index is 0.0457. The van der Waals surface area contributed by atoms with Crippen molar-refractivity contribution in [2.45, 2.75) is 49.9 Å². The molecule has 0 radical (unpaired) electrons. The highest BCUT2D eigenvalue weighted by atomic mass is 32.2. The molecule has 1 rings (SSSR count). The normalized spacial score (nSPS) is 14.1. The van der Waals surface area contributed by atoms with Gasteiger partial charge in [-0.3, -0.25) is 19.4 Å². The molecule has 12 N–H and O–H groups in total. The maximum absolute atomic E-state index is 12.9. The Balaban J connectivity index is 2.91. The van der Waals surface area contributed by atoms with Crippen molar-refractivity contribution in [3.05, 3.63) is 18.2 Å². The zero-order valence-corrected chi connectivity index (χ0v) is 20.8. The first-order chi connectivity index (χ1) is 17.1. The van der Waals surface area contributed by atoms with Crippen molar-refractivity contribution in [1.29, 1.82) is 0 Å². The molecule has 0 saturated carbocycles. The molecule has 36 heavy (non-hydrogen) atoms. The highest BCUT2D eigenvalue weighted by Crippen LogP contribution is 2.05. The van der Waals surface area contributed by atoms with Gasteiger partial charge in [-0.15, -0.1) is 0 Å². The number of carbonyl (C=O) groups is 4. The topological polar surface area (TPSA) is 264 Å². The number of guanidine groups is 1. The number of nitrogens with one attached hydrogen (secondary N) is 4. The largest absolute Gasteiger partial charge is 0.480 e. The molecule has 4 unspecified atom stereocenters. The smallest absolute Gasteiger partial charge is 0.326 e. The van der Waals surface area contributed by atoms with Crippen LogP contribution in [0.4, 0.5) is 0 Å². The summed E-state index contributed by atoms with van der Waals surface area (Å²) in [4.78, 5) is 60.0. The van der Waals surface area contributed by atoms with Crippen LogP contribution in [0.15, 0.2) is 17.5 Å². The molecule has 4 atom stereocenters. The third-order valence-corrected chi connectivity index (χ3v) is 5.60. The average molecular weight is 530 g/mol. The second-order valence-electron chi connectivity index (χ2n) is 7.82. The number of H-pyrrole nitrogens is 1. The van der Waals surface area contributed by atoms with Crippen LogP contribution in [-0.2, 0) is 25.6 Å². The molecular weight excluding hydrogens is 494 g/mol. The number of aliphatic carboxylic acids is 1. The number of amides is 3. The van der Waals surface area contributed by atoms with E-state index in [1.54, 1.807) is 0 Å². The Morgan fingerprint density at radius 2 is 1.72 bits per heavy atom. The summed E-state index contributed by atoms with van der Waals surface area (Å²) in [5.74, 6) is -3.05. The van der Waals surface area contributed by atoms with Gasteiger partial charge in [0, 0.05) is 24.9 Å². The maximum atomic E-state index is 12.9. The van der Waals surface area contributed by atoms with Crippen LogP contribution in [0.25, 0.3) is 0 Å². The van der Waals surface area contributed by atoms with Crippen LogP contribution in [0.5, 0.6) is 0 Å². The molecule has 0 aliphatic rings. The Hall–Kier alpha value is -3.37. The lowest BCUT2D eigenvalue weighted by Crippen LogP contribution is -2.58. The average Bonchev–Trinajstić information content (AvgIpc) is 3.34. The van der Waals surface area contributed by atoms with E-state index in [4.69, 9.17) is 17.2 Å². The van der Waals surface area contributed by atoms with Crippen molar-refractivity contribution in [3.63, 3.8) is 0 Å². The number of carboxylic acid groups (broad SMARTS) is 1. The quantitative estimate of drug-likeness (QED) is 0.0545. The van der Waals surface area contributed by atoms with Crippen LogP contribution in [0, 0.1) is 0 Å². The lowest BCUT2D eigenvalue weighted by Gasteiger charge is -2.24. The van der Waals surface area contributed by atoms with E-state index < -0.39 is 54.5 Å². The second kappa shape index (κ2) is 16.3. The first-order valence-electron chi connectivity index (χ1n) is 11.1. The number of thioether (sulfide) groups is 1. The van der Waals surface area contributed by atoms with E-state index in [0.717, 1.165) is 0 Å². The second-order valence-corrected chi connectivity index (χ2v) is 8.81. The van der Waals surface area contributed by atoms with Crippen molar-refractivity contribution in [2.75, 3.05) is 25.2 Å². The zero-order valence-electron chi connectivity index (χ0n) is 20.0. The summed E-state index contributed by atoms with van der Waals surface area (Å²) in [5.41, 5.74) is 16.9. The van der Waals surface area contributed by atoms with E-state index >= 15 is 0 Å². The van der Waals surface area contributed by atoms with Gasteiger partial charge >= 0.3 is 5.97 Å². The number of aromatic amines is 1. The molecular formula is C20H35N9O6S. The number of hydrogen-bond donors (Lipinski definition) is 9. The molecule has 0 aliphatic heterocycles. The molecule has 16 heteroatoms. The highest BCUT2D eigenvalue weighted by molar-refractivity contribution is 7.98. The van der Waals surface area contributed by atoms with E-state index in [1.165, 1.54) is 24.3 Å². The van der Waals surface area contributed by atoms with Gasteiger partial charge in [-0.2, -0.15) is 11.8 Å². The van der Waals surface area contributed by atoms with Gasteiger partial charge in [-0.1, -0.05) is 0 Å². The highest BCUT2D eigenvalue weighted by Gasteiger charge is 2.30. The van der Waals surface area contributed by atoms with E-state index in [9.17, 15) is 29.4 Å². The summed E-state index contributed by atoms with van der Waals surface area (Å²) < 4.78 is 0. The van der Waals surface area contributed by atoms with E-state index in [1.807, 2.05) is 6.26 Å². The molecule has 1 aromatic rings. The van der Waals surface area contributed by atoms with Gasteiger partial charge in [-0.05, 0) is 31.3 Å². The molecule has 0 aromatic carbocycles. The van der Waals surface area contributed by atoms with Crippen LogP contribution in [-0.4, -0.2) is 99.2 Å². The molecule has 15 nitrogen and oxygen atoms in total.